The Labute approximate surface area is 96.0 Å². The molecule has 2 aromatic rings. The van der Waals surface area contributed by atoms with Gasteiger partial charge in [0, 0.05) is 22.2 Å². The fourth-order valence-electron chi connectivity index (χ4n) is 1.56. The van der Waals surface area contributed by atoms with Crippen LogP contribution in [0.4, 0.5) is 8.78 Å². The van der Waals surface area contributed by atoms with Crippen LogP contribution < -0.4 is 5.73 Å². The molecule has 0 spiro atoms. The van der Waals surface area contributed by atoms with E-state index < -0.39 is 12.5 Å². The SMILES string of the molecule is NC(c1ccc(Cl)c2cccnc12)C(F)F. The average Bonchev–Trinajstić information content (AvgIpc) is 2.29. The zero-order valence-corrected chi connectivity index (χ0v) is 8.96. The first kappa shape index (κ1) is 11.2. The summed E-state index contributed by atoms with van der Waals surface area (Å²) in [6.45, 7) is 0. The summed E-state index contributed by atoms with van der Waals surface area (Å²) < 4.78 is 25.1. The summed E-state index contributed by atoms with van der Waals surface area (Å²) in [5.74, 6) is 0. The third kappa shape index (κ3) is 1.86. The van der Waals surface area contributed by atoms with Gasteiger partial charge in [0.05, 0.1) is 11.6 Å². The molecule has 0 amide bonds. The highest BCUT2D eigenvalue weighted by atomic mass is 35.5. The highest BCUT2D eigenvalue weighted by Gasteiger charge is 2.20. The molecule has 84 valence electrons. The lowest BCUT2D eigenvalue weighted by Crippen LogP contribution is -2.19. The van der Waals surface area contributed by atoms with Gasteiger partial charge in [0.25, 0.3) is 6.43 Å². The van der Waals surface area contributed by atoms with Gasteiger partial charge in [-0.2, -0.15) is 0 Å². The Morgan fingerprint density at radius 3 is 2.69 bits per heavy atom. The maximum atomic E-state index is 12.6. The van der Waals surface area contributed by atoms with E-state index >= 15 is 0 Å². The fraction of sp³-hybridized carbons (Fsp3) is 0.182. The Morgan fingerprint density at radius 1 is 1.25 bits per heavy atom. The van der Waals surface area contributed by atoms with Crippen LogP contribution in [-0.4, -0.2) is 11.4 Å². The summed E-state index contributed by atoms with van der Waals surface area (Å²) in [4.78, 5) is 4.05. The van der Waals surface area contributed by atoms with Gasteiger partial charge in [0.15, 0.2) is 0 Å². The second-order valence-electron chi connectivity index (χ2n) is 3.40. The lowest BCUT2D eigenvalue weighted by atomic mass is 10.0. The quantitative estimate of drug-likeness (QED) is 0.879. The van der Waals surface area contributed by atoms with Crippen LogP contribution in [0.15, 0.2) is 30.5 Å². The van der Waals surface area contributed by atoms with Gasteiger partial charge in [-0.1, -0.05) is 17.7 Å². The number of aromatic nitrogens is 1. The van der Waals surface area contributed by atoms with Crippen LogP contribution in [0.2, 0.25) is 5.02 Å². The van der Waals surface area contributed by atoms with E-state index in [4.69, 9.17) is 17.3 Å². The maximum Gasteiger partial charge on any atom is 0.257 e. The van der Waals surface area contributed by atoms with E-state index in [0.29, 0.717) is 21.5 Å². The molecule has 0 bridgehead atoms. The van der Waals surface area contributed by atoms with E-state index in [9.17, 15) is 8.78 Å². The number of hydrogen-bond acceptors (Lipinski definition) is 2. The van der Waals surface area contributed by atoms with Crippen molar-refractivity contribution in [3.05, 3.63) is 41.0 Å². The predicted octanol–water partition coefficient (Wildman–Crippen LogP) is 3.15. The molecule has 0 aliphatic rings. The molecule has 2 nitrogen and oxygen atoms in total. The molecule has 0 aliphatic carbocycles. The summed E-state index contributed by atoms with van der Waals surface area (Å²) in [7, 11) is 0. The molecule has 1 aromatic heterocycles. The lowest BCUT2D eigenvalue weighted by Gasteiger charge is -2.13. The van der Waals surface area contributed by atoms with Crippen LogP contribution in [-0.2, 0) is 0 Å². The van der Waals surface area contributed by atoms with E-state index in [1.807, 2.05) is 0 Å². The Morgan fingerprint density at radius 2 is 2.00 bits per heavy atom. The average molecular weight is 243 g/mol. The molecular weight excluding hydrogens is 234 g/mol. The van der Waals surface area contributed by atoms with Gasteiger partial charge in [-0.05, 0) is 18.2 Å². The van der Waals surface area contributed by atoms with Crippen molar-refractivity contribution in [2.75, 3.05) is 0 Å². The first-order valence-corrected chi connectivity index (χ1v) is 5.06. The van der Waals surface area contributed by atoms with Gasteiger partial charge in [-0.15, -0.1) is 0 Å². The predicted molar refractivity (Wildman–Crippen MR) is 59.7 cm³/mol. The zero-order chi connectivity index (χ0) is 11.7. The van der Waals surface area contributed by atoms with Gasteiger partial charge < -0.3 is 5.73 Å². The van der Waals surface area contributed by atoms with Crippen LogP contribution >= 0.6 is 11.6 Å². The van der Waals surface area contributed by atoms with E-state index in [-0.39, 0.29) is 0 Å². The number of nitrogens with two attached hydrogens (primary N) is 1. The number of nitrogens with zero attached hydrogens (tertiary/aromatic N) is 1. The number of alkyl halides is 2. The fourth-order valence-corrected chi connectivity index (χ4v) is 1.78. The second-order valence-corrected chi connectivity index (χ2v) is 3.80. The first-order chi connectivity index (χ1) is 7.61. The van der Waals surface area contributed by atoms with Crippen molar-refractivity contribution in [1.82, 2.24) is 4.98 Å². The zero-order valence-electron chi connectivity index (χ0n) is 8.20. The second kappa shape index (κ2) is 4.31. The van der Waals surface area contributed by atoms with E-state index in [1.54, 1.807) is 18.2 Å². The van der Waals surface area contributed by atoms with Crippen molar-refractivity contribution in [1.29, 1.82) is 0 Å². The van der Waals surface area contributed by atoms with Crippen LogP contribution in [0.25, 0.3) is 10.9 Å². The van der Waals surface area contributed by atoms with Gasteiger partial charge in [-0.25, -0.2) is 8.78 Å². The number of rotatable bonds is 2. The van der Waals surface area contributed by atoms with Gasteiger partial charge in [0.1, 0.15) is 0 Å². The normalized spacial score (nSPS) is 13.3. The minimum atomic E-state index is -2.62. The molecule has 0 saturated heterocycles. The third-order valence-corrected chi connectivity index (χ3v) is 2.71. The Bertz CT molecular complexity index is 516. The van der Waals surface area contributed by atoms with Crippen molar-refractivity contribution in [2.45, 2.75) is 12.5 Å². The van der Waals surface area contributed by atoms with E-state index in [0.717, 1.165) is 0 Å². The first-order valence-electron chi connectivity index (χ1n) is 4.68. The molecule has 16 heavy (non-hydrogen) atoms. The van der Waals surface area contributed by atoms with Crippen molar-refractivity contribution >= 4 is 22.5 Å². The summed E-state index contributed by atoms with van der Waals surface area (Å²) in [5.41, 5.74) is 6.17. The van der Waals surface area contributed by atoms with Gasteiger partial charge in [-0.3, -0.25) is 4.98 Å². The Kier molecular flexibility index (Phi) is 3.03. The van der Waals surface area contributed by atoms with Crippen LogP contribution in [0.1, 0.15) is 11.6 Å². The third-order valence-electron chi connectivity index (χ3n) is 2.38. The monoisotopic (exact) mass is 242 g/mol. The molecule has 2 rings (SSSR count). The highest BCUT2D eigenvalue weighted by molar-refractivity contribution is 6.35. The summed E-state index contributed by atoms with van der Waals surface area (Å²) in [6, 6.07) is 5.14. The maximum absolute atomic E-state index is 12.6. The number of benzene rings is 1. The van der Waals surface area contributed by atoms with Gasteiger partial charge in [0.2, 0.25) is 0 Å². The van der Waals surface area contributed by atoms with E-state index in [1.165, 1.54) is 12.3 Å². The van der Waals surface area contributed by atoms with Crippen molar-refractivity contribution in [3.63, 3.8) is 0 Å². The topological polar surface area (TPSA) is 38.9 Å². The van der Waals surface area contributed by atoms with Crippen LogP contribution in [0, 0.1) is 0 Å². The highest BCUT2D eigenvalue weighted by Crippen LogP contribution is 2.29. The molecule has 5 heteroatoms. The summed E-state index contributed by atoms with van der Waals surface area (Å²) >= 11 is 5.94. The van der Waals surface area contributed by atoms with Crippen LogP contribution in [0.5, 0.6) is 0 Å². The summed E-state index contributed by atoms with van der Waals surface area (Å²) in [5, 5.41) is 1.12. The molecule has 0 saturated carbocycles. The minimum Gasteiger partial charge on any atom is -0.319 e. The van der Waals surface area contributed by atoms with Crippen molar-refractivity contribution < 1.29 is 8.78 Å². The molecule has 0 fully saturated rings. The Balaban J connectivity index is 2.67. The molecule has 1 atom stereocenters. The molecular formula is C11H9ClF2N2. The van der Waals surface area contributed by atoms with Crippen molar-refractivity contribution in [3.8, 4) is 0 Å². The minimum absolute atomic E-state index is 0.315. The Hall–Kier alpha value is -1.26. The smallest absolute Gasteiger partial charge is 0.257 e. The molecule has 1 unspecified atom stereocenters. The summed E-state index contributed by atoms with van der Waals surface area (Å²) in [6.07, 6.45) is -1.09. The van der Waals surface area contributed by atoms with E-state index in [2.05, 4.69) is 4.98 Å². The van der Waals surface area contributed by atoms with Crippen LogP contribution in [0.3, 0.4) is 0 Å². The number of hydrogen-bond donors (Lipinski definition) is 1. The van der Waals surface area contributed by atoms with Gasteiger partial charge >= 0.3 is 0 Å². The largest absolute Gasteiger partial charge is 0.319 e. The molecule has 0 aliphatic heterocycles. The molecule has 1 heterocycles. The number of halogens is 3. The standard InChI is InChI=1S/C11H9ClF2N2/c12-8-4-3-7(9(15)11(13)14)10-6(8)2-1-5-16-10/h1-5,9,11H,15H2. The van der Waals surface area contributed by atoms with Crippen molar-refractivity contribution in [2.24, 2.45) is 5.73 Å². The number of fused-ring (bicyclic) bond motifs is 1. The molecule has 0 radical (unpaired) electrons. The molecule has 1 aromatic carbocycles. The number of pyridine rings is 1. The lowest BCUT2D eigenvalue weighted by molar-refractivity contribution is 0.117. The molecule has 2 N–H and O–H groups in total.